The van der Waals surface area contributed by atoms with Crippen molar-refractivity contribution in [3.8, 4) is 0 Å². The van der Waals surface area contributed by atoms with Crippen LogP contribution in [0.1, 0.15) is 17.2 Å². The molecular weight excluding hydrogens is 380 g/mol. The molecule has 19 heavy (non-hydrogen) atoms. The molecule has 1 unspecified atom stereocenters. The van der Waals surface area contributed by atoms with Crippen LogP contribution >= 0.6 is 31.9 Å². The van der Waals surface area contributed by atoms with Gasteiger partial charge < -0.3 is 5.32 Å². The zero-order valence-corrected chi connectivity index (χ0v) is 13.2. The van der Waals surface area contributed by atoms with Gasteiger partial charge in [0, 0.05) is 10.0 Å². The largest absolute Gasteiger partial charge is 0.309 e. The van der Waals surface area contributed by atoms with Gasteiger partial charge in [0.15, 0.2) is 0 Å². The van der Waals surface area contributed by atoms with E-state index in [2.05, 4.69) is 37.2 Å². The van der Waals surface area contributed by atoms with E-state index in [9.17, 15) is 8.78 Å². The van der Waals surface area contributed by atoms with Gasteiger partial charge in [-0.05, 0) is 58.9 Å². The Balaban J connectivity index is 2.49. The van der Waals surface area contributed by atoms with E-state index >= 15 is 0 Å². The first-order chi connectivity index (χ1) is 9.02. The number of hydrogen-bond acceptors (Lipinski definition) is 1. The molecule has 0 radical (unpaired) electrons. The summed E-state index contributed by atoms with van der Waals surface area (Å²) in [5, 5.41) is 3.01. The lowest BCUT2D eigenvalue weighted by atomic mass is 9.98. The first-order valence-corrected chi connectivity index (χ1v) is 7.18. The summed E-state index contributed by atoms with van der Waals surface area (Å²) in [6.07, 6.45) is 0. The van der Waals surface area contributed by atoms with Crippen molar-refractivity contribution in [1.82, 2.24) is 5.32 Å². The van der Waals surface area contributed by atoms with E-state index in [-0.39, 0.29) is 11.6 Å². The fourth-order valence-electron chi connectivity index (χ4n) is 1.93. The Hall–Kier alpha value is -0.780. The Morgan fingerprint density at radius 3 is 2.37 bits per heavy atom. The Kier molecular flexibility index (Phi) is 4.71. The van der Waals surface area contributed by atoms with Crippen molar-refractivity contribution in [2.45, 2.75) is 6.04 Å². The summed E-state index contributed by atoms with van der Waals surface area (Å²) in [6, 6.07) is 9.08. The van der Waals surface area contributed by atoms with Gasteiger partial charge in [0.05, 0.1) is 10.5 Å². The lowest BCUT2D eigenvalue weighted by Crippen LogP contribution is -2.19. The highest BCUT2D eigenvalue weighted by molar-refractivity contribution is 9.10. The van der Waals surface area contributed by atoms with Crippen molar-refractivity contribution < 1.29 is 8.78 Å². The number of nitrogens with one attached hydrogen (secondary N) is 1. The normalized spacial score (nSPS) is 12.5. The average Bonchev–Trinajstić information content (AvgIpc) is 2.38. The number of hydrogen-bond donors (Lipinski definition) is 1. The van der Waals surface area contributed by atoms with Crippen molar-refractivity contribution in [3.63, 3.8) is 0 Å². The summed E-state index contributed by atoms with van der Waals surface area (Å²) in [7, 11) is 1.71. The second kappa shape index (κ2) is 6.11. The van der Waals surface area contributed by atoms with Crippen LogP contribution in [0.5, 0.6) is 0 Å². The van der Waals surface area contributed by atoms with Crippen LogP contribution < -0.4 is 5.32 Å². The van der Waals surface area contributed by atoms with Gasteiger partial charge >= 0.3 is 0 Å². The van der Waals surface area contributed by atoms with Gasteiger partial charge in [-0.15, -0.1) is 0 Å². The van der Waals surface area contributed by atoms with Crippen molar-refractivity contribution in [2.24, 2.45) is 0 Å². The summed E-state index contributed by atoms with van der Waals surface area (Å²) in [5.74, 6) is -0.695. The van der Waals surface area contributed by atoms with Gasteiger partial charge in [-0.2, -0.15) is 0 Å². The molecule has 1 nitrogen and oxygen atoms in total. The lowest BCUT2D eigenvalue weighted by Gasteiger charge is -2.18. The minimum atomic E-state index is -0.403. The van der Waals surface area contributed by atoms with Crippen molar-refractivity contribution >= 4 is 31.9 Å². The molecule has 0 amide bonds. The first-order valence-electron chi connectivity index (χ1n) is 5.60. The predicted molar refractivity (Wildman–Crippen MR) is 79.1 cm³/mol. The molecule has 1 N–H and O–H groups in total. The van der Waals surface area contributed by atoms with E-state index in [1.54, 1.807) is 31.3 Å². The molecule has 2 aromatic carbocycles. The second-order valence-corrected chi connectivity index (χ2v) is 5.83. The molecule has 2 aromatic rings. The van der Waals surface area contributed by atoms with Crippen LogP contribution in [-0.4, -0.2) is 7.05 Å². The van der Waals surface area contributed by atoms with Crippen molar-refractivity contribution in [1.29, 1.82) is 0 Å². The van der Waals surface area contributed by atoms with E-state index < -0.39 is 6.04 Å². The number of rotatable bonds is 3. The third kappa shape index (κ3) is 3.22. The summed E-state index contributed by atoms with van der Waals surface area (Å²) >= 11 is 6.42. The fourth-order valence-corrected chi connectivity index (χ4v) is 2.55. The summed E-state index contributed by atoms with van der Waals surface area (Å²) in [6.45, 7) is 0. The van der Waals surface area contributed by atoms with E-state index in [1.807, 2.05) is 0 Å². The maximum absolute atomic E-state index is 13.9. The van der Waals surface area contributed by atoms with E-state index in [1.165, 1.54) is 12.1 Å². The number of benzene rings is 2. The highest BCUT2D eigenvalue weighted by Gasteiger charge is 2.17. The van der Waals surface area contributed by atoms with Gasteiger partial charge in [0.2, 0.25) is 0 Å². The van der Waals surface area contributed by atoms with Gasteiger partial charge in [0.25, 0.3) is 0 Å². The molecule has 0 aliphatic carbocycles. The molecule has 0 saturated heterocycles. The molecule has 0 fully saturated rings. The molecule has 0 heterocycles. The minimum Gasteiger partial charge on any atom is -0.309 e. The second-order valence-electron chi connectivity index (χ2n) is 4.06. The molecule has 0 spiro atoms. The van der Waals surface area contributed by atoms with E-state index in [4.69, 9.17) is 0 Å². The molecule has 0 saturated carbocycles. The maximum atomic E-state index is 13.9. The molecule has 0 aromatic heterocycles. The Bertz CT molecular complexity index is 602. The third-order valence-corrected chi connectivity index (χ3v) is 3.97. The number of halogens is 4. The fraction of sp³-hybridized carbons (Fsp3) is 0.143. The topological polar surface area (TPSA) is 12.0 Å². The van der Waals surface area contributed by atoms with Crippen LogP contribution in [0.25, 0.3) is 0 Å². The molecule has 5 heteroatoms. The molecule has 0 aliphatic rings. The quantitative estimate of drug-likeness (QED) is 0.793. The zero-order valence-electron chi connectivity index (χ0n) is 10.1. The SMILES string of the molecule is CNC(c1ccc(Br)c(F)c1)c1cc(Br)ccc1F. The summed E-state index contributed by atoms with van der Waals surface area (Å²) in [5.41, 5.74) is 1.14. The third-order valence-electron chi connectivity index (χ3n) is 2.83. The Morgan fingerprint density at radius 1 is 1.00 bits per heavy atom. The smallest absolute Gasteiger partial charge is 0.137 e. The highest BCUT2D eigenvalue weighted by Crippen LogP contribution is 2.28. The van der Waals surface area contributed by atoms with E-state index in [0.717, 1.165) is 4.47 Å². The van der Waals surface area contributed by atoms with Crippen molar-refractivity contribution in [2.75, 3.05) is 7.05 Å². The van der Waals surface area contributed by atoms with Crippen LogP contribution in [-0.2, 0) is 0 Å². The highest BCUT2D eigenvalue weighted by atomic mass is 79.9. The summed E-state index contributed by atoms with van der Waals surface area (Å²) < 4.78 is 28.7. The van der Waals surface area contributed by atoms with Gasteiger partial charge in [-0.1, -0.05) is 22.0 Å². The first kappa shape index (κ1) is 14.6. The van der Waals surface area contributed by atoms with Crippen LogP contribution in [0, 0.1) is 11.6 Å². The minimum absolute atomic E-state index is 0.328. The average molecular weight is 391 g/mol. The Morgan fingerprint density at radius 2 is 1.74 bits per heavy atom. The molecule has 0 bridgehead atoms. The molecule has 1 atom stereocenters. The molecular formula is C14H11Br2F2N. The van der Waals surface area contributed by atoms with Crippen LogP contribution in [0.4, 0.5) is 8.78 Å². The van der Waals surface area contributed by atoms with Crippen LogP contribution in [0.3, 0.4) is 0 Å². The monoisotopic (exact) mass is 389 g/mol. The standard InChI is InChI=1S/C14H11Br2F2N/c1-19-14(8-2-4-11(16)13(18)6-8)10-7-9(15)3-5-12(10)17/h2-7,14,19H,1H3. The van der Waals surface area contributed by atoms with E-state index in [0.29, 0.717) is 15.6 Å². The maximum Gasteiger partial charge on any atom is 0.137 e. The van der Waals surface area contributed by atoms with Gasteiger partial charge in [-0.3, -0.25) is 0 Å². The molecule has 100 valence electrons. The molecule has 0 aliphatic heterocycles. The lowest BCUT2D eigenvalue weighted by molar-refractivity contribution is 0.570. The summed E-state index contributed by atoms with van der Waals surface area (Å²) in [4.78, 5) is 0. The van der Waals surface area contributed by atoms with Crippen LogP contribution in [0.2, 0.25) is 0 Å². The Labute approximate surface area is 127 Å². The predicted octanol–water partition coefficient (Wildman–Crippen LogP) is 4.80. The van der Waals surface area contributed by atoms with Gasteiger partial charge in [0.1, 0.15) is 11.6 Å². The van der Waals surface area contributed by atoms with Crippen molar-refractivity contribution in [3.05, 3.63) is 68.1 Å². The zero-order chi connectivity index (χ0) is 14.0. The molecule has 2 rings (SSSR count). The van der Waals surface area contributed by atoms with Gasteiger partial charge in [-0.25, -0.2) is 8.78 Å². The van der Waals surface area contributed by atoms with Crippen LogP contribution in [0.15, 0.2) is 45.3 Å².